The molecular formula is C13H21N3. The van der Waals surface area contributed by atoms with E-state index in [-0.39, 0.29) is 0 Å². The number of terminal acetylenes is 1. The number of anilines is 1. The number of aromatic nitrogens is 2. The standard InChI is InChI=1S/C13H21N3/c1-5-7-8-11-12(14)16(9-6-2)13(15-11)10(3)4/h2,10H,5,7-9,14H2,1,3-4H3. The largest absolute Gasteiger partial charge is 0.384 e. The molecule has 1 heterocycles. The summed E-state index contributed by atoms with van der Waals surface area (Å²) in [4.78, 5) is 4.61. The van der Waals surface area contributed by atoms with Gasteiger partial charge in [-0.05, 0) is 12.8 Å². The van der Waals surface area contributed by atoms with Crippen molar-refractivity contribution in [2.24, 2.45) is 0 Å². The quantitative estimate of drug-likeness (QED) is 0.773. The van der Waals surface area contributed by atoms with Gasteiger partial charge >= 0.3 is 0 Å². The van der Waals surface area contributed by atoms with E-state index in [0.29, 0.717) is 12.5 Å². The number of unbranched alkanes of at least 4 members (excludes halogenated alkanes) is 1. The summed E-state index contributed by atoms with van der Waals surface area (Å²) in [6.45, 7) is 6.90. The van der Waals surface area contributed by atoms with Gasteiger partial charge in [0.25, 0.3) is 0 Å². The van der Waals surface area contributed by atoms with Crippen molar-refractivity contribution in [2.75, 3.05) is 5.73 Å². The van der Waals surface area contributed by atoms with Gasteiger partial charge in [-0.2, -0.15) is 0 Å². The molecule has 16 heavy (non-hydrogen) atoms. The molecule has 0 aliphatic rings. The zero-order valence-corrected chi connectivity index (χ0v) is 10.5. The van der Waals surface area contributed by atoms with Crippen LogP contribution in [0.15, 0.2) is 0 Å². The minimum Gasteiger partial charge on any atom is -0.384 e. The van der Waals surface area contributed by atoms with E-state index in [1.807, 2.05) is 4.57 Å². The van der Waals surface area contributed by atoms with Crippen LogP contribution in [0.3, 0.4) is 0 Å². The molecule has 0 radical (unpaired) electrons. The van der Waals surface area contributed by atoms with E-state index in [0.717, 1.165) is 36.6 Å². The third kappa shape index (κ3) is 2.57. The van der Waals surface area contributed by atoms with E-state index in [9.17, 15) is 0 Å². The number of nitrogens with zero attached hydrogens (tertiary/aromatic N) is 2. The van der Waals surface area contributed by atoms with Gasteiger partial charge in [0.15, 0.2) is 0 Å². The number of nitrogens with two attached hydrogens (primary N) is 1. The van der Waals surface area contributed by atoms with Crippen LogP contribution in [-0.2, 0) is 13.0 Å². The van der Waals surface area contributed by atoms with Crippen LogP contribution in [0, 0.1) is 12.3 Å². The third-order valence-electron chi connectivity index (χ3n) is 2.65. The normalized spacial score (nSPS) is 10.7. The van der Waals surface area contributed by atoms with Crippen LogP contribution in [-0.4, -0.2) is 9.55 Å². The van der Waals surface area contributed by atoms with Crippen molar-refractivity contribution in [3.63, 3.8) is 0 Å². The van der Waals surface area contributed by atoms with Crippen molar-refractivity contribution in [3.05, 3.63) is 11.5 Å². The lowest BCUT2D eigenvalue weighted by Crippen LogP contribution is -2.07. The highest BCUT2D eigenvalue weighted by atomic mass is 15.1. The molecule has 0 bridgehead atoms. The summed E-state index contributed by atoms with van der Waals surface area (Å²) >= 11 is 0. The number of nitrogen functional groups attached to an aromatic ring is 1. The van der Waals surface area contributed by atoms with Crippen LogP contribution in [0.1, 0.15) is 51.0 Å². The molecule has 2 N–H and O–H groups in total. The Kier molecular flexibility index (Phi) is 4.42. The Morgan fingerprint density at radius 2 is 2.19 bits per heavy atom. The van der Waals surface area contributed by atoms with E-state index in [1.165, 1.54) is 0 Å². The molecule has 1 aromatic heterocycles. The first-order chi connectivity index (χ1) is 7.61. The van der Waals surface area contributed by atoms with Crippen LogP contribution < -0.4 is 5.73 Å². The Bertz CT molecular complexity index is 383. The Morgan fingerprint density at radius 1 is 1.50 bits per heavy atom. The smallest absolute Gasteiger partial charge is 0.127 e. The first-order valence-electron chi connectivity index (χ1n) is 5.90. The number of hydrogen-bond donors (Lipinski definition) is 1. The molecule has 0 saturated carbocycles. The number of rotatable bonds is 5. The van der Waals surface area contributed by atoms with Crippen LogP contribution in [0.4, 0.5) is 5.82 Å². The predicted molar refractivity (Wildman–Crippen MR) is 68.2 cm³/mol. The van der Waals surface area contributed by atoms with E-state index in [1.54, 1.807) is 0 Å². The molecule has 0 amide bonds. The van der Waals surface area contributed by atoms with Crippen LogP contribution in [0.5, 0.6) is 0 Å². The Balaban J connectivity index is 3.04. The fourth-order valence-electron chi connectivity index (χ4n) is 1.76. The summed E-state index contributed by atoms with van der Waals surface area (Å²) in [7, 11) is 0. The number of hydrogen-bond acceptors (Lipinski definition) is 2. The van der Waals surface area contributed by atoms with Crippen molar-refractivity contribution in [1.82, 2.24) is 9.55 Å². The van der Waals surface area contributed by atoms with Crippen LogP contribution >= 0.6 is 0 Å². The second-order valence-electron chi connectivity index (χ2n) is 4.35. The molecule has 0 aromatic carbocycles. The maximum absolute atomic E-state index is 6.07. The summed E-state index contributed by atoms with van der Waals surface area (Å²) in [5.74, 6) is 4.73. The molecule has 0 aliphatic heterocycles. The van der Waals surface area contributed by atoms with Gasteiger partial charge in [0, 0.05) is 5.92 Å². The molecule has 0 spiro atoms. The Labute approximate surface area is 98.1 Å². The second-order valence-corrected chi connectivity index (χ2v) is 4.35. The molecule has 1 rings (SSSR count). The molecule has 0 saturated heterocycles. The predicted octanol–water partition coefficient (Wildman–Crippen LogP) is 2.56. The fourth-order valence-corrected chi connectivity index (χ4v) is 1.76. The van der Waals surface area contributed by atoms with Crippen molar-refractivity contribution in [2.45, 2.75) is 52.5 Å². The Hall–Kier alpha value is -1.43. The molecule has 0 fully saturated rings. The van der Waals surface area contributed by atoms with E-state index in [4.69, 9.17) is 12.2 Å². The minimum atomic E-state index is 0.353. The molecule has 0 atom stereocenters. The lowest BCUT2D eigenvalue weighted by atomic mass is 10.2. The maximum Gasteiger partial charge on any atom is 0.127 e. The molecule has 1 aromatic rings. The molecule has 88 valence electrons. The highest BCUT2D eigenvalue weighted by molar-refractivity contribution is 5.39. The van der Waals surface area contributed by atoms with Gasteiger partial charge in [0.1, 0.15) is 11.6 Å². The van der Waals surface area contributed by atoms with Gasteiger partial charge < -0.3 is 10.3 Å². The highest BCUT2D eigenvalue weighted by Crippen LogP contribution is 2.22. The average molecular weight is 219 g/mol. The van der Waals surface area contributed by atoms with Gasteiger partial charge in [0.2, 0.25) is 0 Å². The van der Waals surface area contributed by atoms with Gasteiger partial charge in [-0.25, -0.2) is 4.98 Å². The first kappa shape index (κ1) is 12.6. The van der Waals surface area contributed by atoms with Crippen molar-refractivity contribution < 1.29 is 0 Å². The number of aryl methyl sites for hydroxylation is 1. The first-order valence-corrected chi connectivity index (χ1v) is 5.90. The second kappa shape index (κ2) is 5.60. The third-order valence-corrected chi connectivity index (χ3v) is 2.65. The van der Waals surface area contributed by atoms with Gasteiger partial charge in [0.05, 0.1) is 12.2 Å². The highest BCUT2D eigenvalue weighted by Gasteiger charge is 2.15. The molecule has 0 unspecified atom stereocenters. The molecule has 0 aliphatic carbocycles. The summed E-state index contributed by atoms with van der Waals surface area (Å²) in [6, 6.07) is 0. The fraction of sp³-hybridized carbons (Fsp3) is 0.615. The SMILES string of the molecule is C#CCn1c(C(C)C)nc(CCCC)c1N. The van der Waals surface area contributed by atoms with Gasteiger partial charge in [-0.1, -0.05) is 33.1 Å². The van der Waals surface area contributed by atoms with E-state index < -0.39 is 0 Å². The van der Waals surface area contributed by atoms with Gasteiger partial charge in [-0.15, -0.1) is 6.42 Å². The van der Waals surface area contributed by atoms with E-state index in [2.05, 4.69) is 31.7 Å². The zero-order valence-electron chi connectivity index (χ0n) is 10.5. The maximum atomic E-state index is 6.07. The molecule has 3 heteroatoms. The van der Waals surface area contributed by atoms with Gasteiger partial charge in [-0.3, -0.25) is 0 Å². The molecular weight excluding hydrogens is 198 g/mol. The number of imidazole rings is 1. The van der Waals surface area contributed by atoms with Crippen molar-refractivity contribution >= 4 is 5.82 Å². The zero-order chi connectivity index (χ0) is 12.1. The summed E-state index contributed by atoms with van der Waals surface area (Å²) < 4.78 is 1.95. The summed E-state index contributed by atoms with van der Waals surface area (Å²) in [5.41, 5.74) is 7.07. The molecule has 3 nitrogen and oxygen atoms in total. The summed E-state index contributed by atoms with van der Waals surface area (Å²) in [6.07, 6.45) is 8.57. The van der Waals surface area contributed by atoms with Crippen molar-refractivity contribution in [3.8, 4) is 12.3 Å². The minimum absolute atomic E-state index is 0.353. The topological polar surface area (TPSA) is 43.8 Å². The average Bonchev–Trinajstić information content (AvgIpc) is 2.55. The lowest BCUT2D eigenvalue weighted by Gasteiger charge is -2.08. The van der Waals surface area contributed by atoms with Crippen LogP contribution in [0.2, 0.25) is 0 Å². The Morgan fingerprint density at radius 3 is 2.69 bits per heavy atom. The van der Waals surface area contributed by atoms with Crippen LogP contribution in [0.25, 0.3) is 0 Å². The summed E-state index contributed by atoms with van der Waals surface area (Å²) in [5, 5.41) is 0. The lowest BCUT2D eigenvalue weighted by molar-refractivity contribution is 0.689. The van der Waals surface area contributed by atoms with E-state index >= 15 is 0 Å². The van der Waals surface area contributed by atoms with Crippen molar-refractivity contribution in [1.29, 1.82) is 0 Å². The monoisotopic (exact) mass is 219 g/mol.